The molecular formula is C16H22BrNO3. The van der Waals surface area contributed by atoms with Crippen LogP contribution in [0.3, 0.4) is 0 Å². The first-order valence-corrected chi connectivity index (χ1v) is 8.40. The van der Waals surface area contributed by atoms with Gasteiger partial charge in [0.1, 0.15) is 12.4 Å². The Labute approximate surface area is 134 Å². The van der Waals surface area contributed by atoms with Crippen LogP contribution in [0.5, 0.6) is 5.75 Å². The van der Waals surface area contributed by atoms with Gasteiger partial charge < -0.3 is 19.5 Å². The molecule has 21 heavy (non-hydrogen) atoms. The van der Waals surface area contributed by atoms with Crippen LogP contribution in [0.15, 0.2) is 28.7 Å². The highest BCUT2D eigenvalue weighted by molar-refractivity contribution is 9.10. The van der Waals surface area contributed by atoms with Crippen molar-refractivity contribution in [2.45, 2.75) is 31.0 Å². The topological polar surface area (TPSA) is 39.7 Å². The summed E-state index contributed by atoms with van der Waals surface area (Å²) in [6.45, 7) is 4.00. The smallest absolute Gasteiger partial charge is 0.120 e. The minimum Gasteiger partial charge on any atom is -0.491 e. The highest BCUT2D eigenvalue weighted by atomic mass is 79.9. The molecule has 2 aliphatic rings. The molecule has 1 spiro atoms. The lowest BCUT2D eigenvalue weighted by Gasteiger charge is -2.32. The molecule has 1 unspecified atom stereocenters. The van der Waals surface area contributed by atoms with E-state index >= 15 is 0 Å². The molecule has 0 saturated carbocycles. The van der Waals surface area contributed by atoms with E-state index in [1.54, 1.807) is 0 Å². The van der Waals surface area contributed by atoms with E-state index < -0.39 is 0 Å². The summed E-state index contributed by atoms with van der Waals surface area (Å²) < 4.78 is 18.6. The maximum atomic E-state index is 6.01. The van der Waals surface area contributed by atoms with Gasteiger partial charge in [-0.3, -0.25) is 0 Å². The first kappa shape index (κ1) is 15.3. The molecule has 0 radical (unpaired) electrons. The van der Waals surface area contributed by atoms with Crippen molar-refractivity contribution < 1.29 is 14.2 Å². The Hall–Kier alpha value is -0.620. The predicted octanol–water partition coefficient (Wildman–Crippen LogP) is 2.76. The lowest BCUT2D eigenvalue weighted by Crippen LogP contribution is -2.41. The number of hydrogen-bond acceptors (Lipinski definition) is 4. The third kappa shape index (κ3) is 4.19. The third-order valence-corrected chi connectivity index (χ3v) is 4.68. The molecule has 2 fully saturated rings. The van der Waals surface area contributed by atoms with Gasteiger partial charge in [0.25, 0.3) is 0 Å². The van der Waals surface area contributed by atoms with Crippen LogP contribution in [0, 0.1) is 0 Å². The molecule has 2 aliphatic heterocycles. The van der Waals surface area contributed by atoms with Crippen molar-refractivity contribution in [2.24, 2.45) is 0 Å². The summed E-state index contributed by atoms with van der Waals surface area (Å²) in [6.07, 6.45) is 3.43. The standard InChI is InChI=1S/C16H22BrNO3/c17-13-2-1-3-14(10-13)19-8-9-20-15-11-16(21-12-15)4-6-18-7-5-16/h1-3,10,15,18H,4-9,11-12H2. The van der Waals surface area contributed by atoms with Crippen LogP contribution in [0.4, 0.5) is 0 Å². The number of ether oxygens (including phenoxy) is 3. The molecule has 0 amide bonds. The number of piperidine rings is 1. The Kier molecular flexibility index (Phi) is 5.16. The molecule has 116 valence electrons. The normalized spacial score (nSPS) is 24.3. The minimum atomic E-state index is 0.0705. The number of rotatable bonds is 5. The van der Waals surface area contributed by atoms with Gasteiger partial charge in [0, 0.05) is 10.9 Å². The number of benzene rings is 1. The second kappa shape index (κ2) is 7.09. The molecule has 1 aromatic carbocycles. The summed E-state index contributed by atoms with van der Waals surface area (Å²) in [5, 5.41) is 3.38. The molecule has 1 aromatic rings. The van der Waals surface area contributed by atoms with Crippen molar-refractivity contribution in [2.75, 3.05) is 32.9 Å². The van der Waals surface area contributed by atoms with Crippen LogP contribution in [-0.2, 0) is 9.47 Å². The molecule has 1 atom stereocenters. The summed E-state index contributed by atoms with van der Waals surface area (Å²) in [4.78, 5) is 0. The van der Waals surface area contributed by atoms with Gasteiger partial charge >= 0.3 is 0 Å². The van der Waals surface area contributed by atoms with E-state index in [1.165, 1.54) is 0 Å². The molecule has 4 nitrogen and oxygen atoms in total. The van der Waals surface area contributed by atoms with Crippen LogP contribution in [0.25, 0.3) is 0 Å². The fourth-order valence-corrected chi connectivity index (χ4v) is 3.45. The molecule has 1 N–H and O–H groups in total. The summed E-state index contributed by atoms with van der Waals surface area (Å²) >= 11 is 3.43. The van der Waals surface area contributed by atoms with Gasteiger partial charge in [-0.05, 0) is 44.1 Å². The van der Waals surface area contributed by atoms with Crippen molar-refractivity contribution >= 4 is 15.9 Å². The van der Waals surface area contributed by atoms with E-state index in [2.05, 4.69) is 21.2 Å². The van der Waals surface area contributed by atoms with Crippen molar-refractivity contribution in [1.82, 2.24) is 5.32 Å². The fourth-order valence-electron chi connectivity index (χ4n) is 3.07. The lowest BCUT2D eigenvalue weighted by molar-refractivity contribution is -0.0241. The highest BCUT2D eigenvalue weighted by Crippen LogP contribution is 2.35. The van der Waals surface area contributed by atoms with Crippen molar-refractivity contribution in [1.29, 1.82) is 0 Å². The zero-order valence-corrected chi connectivity index (χ0v) is 13.7. The zero-order valence-electron chi connectivity index (χ0n) is 12.1. The van der Waals surface area contributed by atoms with Crippen molar-refractivity contribution in [3.63, 3.8) is 0 Å². The van der Waals surface area contributed by atoms with Gasteiger partial charge in [0.05, 0.1) is 24.9 Å². The van der Waals surface area contributed by atoms with E-state index in [1.807, 2.05) is 24.3 Å². The summed E-state index contributed by atoms with van der Waals surface area (Å²) in [5.74, 6) is 0.866. The Morgan fingerprint density at radius 1 is 1.29 bits per heavy atom. The second-order valence-electron chi connectivity index (χ2n) is 5.75. The summed E-state index contributed by atoms with van der Waals surface area (Å²) in [5.41, 5.74) is 0.0705. The molecule has 2 heterocycles. The third-order valence-electron chi connectivity index (χ3n) is 4.19. The van der Waals surface area contributed by atoms with Gasteiger partial charge in [0.2, 0.25) is 0 Å². The SMILES string of the molecule is Brc1cccc(OCCOC2COC3(CCNCC3)C2)c1. The number of hydrogen-bond donors (Lipinski definition) is 1. The highest BCUT2D eigenvalue weighted by Gasteiger charge is 2.41. The number of halogens is 1. The molecule has 0 bridgehead atoms. The fraction of sp³-hybridized carbons (Fsp3) is 0.625. The van der Waals surface area contributed by atoms with E-state index in [4.69, 9.17) is 14.2 Å². The number of nitrogens with one attached hydrogen (secondary N) is 1. The largest absolute Gasteiger partial charge is 0.491 e. The van der Waals surface area contributed by atoms with Gasteiger partial charge in [-0.25, -0.2) is 0 Å². The summed E-state index contributed by atoms with van der Waals surface area (Å²) in [7, 11) is 0. The van der Waals surface area contributed by atoms with Gasteiger partial charge in [-0.1, -0.05) is 22.0 Å². The maximum absolute atomic E-state index is 6.01. The minimum absolute atomic E-state index is 0.0705. The Bertz CT molecular complexity index is 463. The molecule has 3 rings (SSSR count). The Morgan fingerprint density at radius 3 is 2.95 bits per heavy atom. The average Bonchev–Trinajstić information content (AvgIpc) is 2.87. The van der Waals surface area contributed by atoms with Crippen molar-refractivity contribution in [3.8, 4) is 5.75 Å². The van der Waals surface area contributed by atoms with Crippen molar-refractivity contribution in [3.05, 3.63) is 28.7 Å². The molecular weight excluding hydrogens is 334 g/mol. The predicted molar refractivity (Wildman–Crippen MR) is 84.8 cm³/mol. The van der Waals surface area contributed by atoms with E-state index in [0.717, 1.165) is 49.2 Å². The van der Waals surface area contributed by atoms with Gasteiger partial charge in [-0.15, -0.1) is 0 Å². The second-order valence-corrected chi connectivity index (χ2v) is 6.66. The van der Waals surface area contributed by atoms with E-state index in [-0.39, 0.29) is 11.7 Å². The molecule has 5 heteroatoms. The Balaban J connectivity index is 1.36. The maximum Gasteiger partial charge on any atom is 0.120 e. The molecule has 0 aromatic heterocycles. The van der Waals surface area contributed by atoms with Crippen LogP contribution in [0.1, 0.15) is 19.3 Å². The first-order valence-electron chi connectivity index (χ1n) is 7.60. The zero-order chi connectivity index (χ0) is 14.5. The molecule has 2 saturated heterocycles. The lowest BCUT2D eigenvalue weighted by atomic mass is 9.89. The van der Waals surface area contributed by atoms with Crippen LogP contribution >= 0.6 is 15.9 Å². The van der Waals surface area contributed by atoms with E-state index in [0.29, 0.717) is 13.2 Å². The monoisotopic (exact) mass is 355 g/mol. The quantitative estimate of drug-likeness (QED) is 0.824. The van der Waals surface area contributed by atoms with Crippen LogP contribution in [0.2, 0.25) is 0 Å². The Morgan fingerprint density at radius 2 is 2.14 bits per heavy atom. The van der Waals surface area contributed by atoms with E-state index in [9.17, 15) is 0 Å². The summed E-state index contributed by atoms with van der Waals surface area (Å²) in [6, 6.07) is 7.86. The molecule has 0 aliphatic carbocycles. The van der Waals surface area contributed by atoms with Crippen LogP contribution < -0.4 is 10.1 Å². The first-order chi connectivity index (χ1) is 10.3. The average molecular weight is 356 g/mol. The van der Waals surface area contributed by atoms with Crippen LogP contribution in [-0.4, -0.2) is 44.6 Å². The van der Waals surface area contributed by atoms with Gasteiger partial charge in [0.15, 0.2) is 0 Å². The van der Waals surface area contributed by atoms with Gasteiger partial charge in [-0.2, -0.15) is 0 Å².